The molecule has 2 unspecified atom stereocenters. The maximum absolute atomic E-state index is 12.9. The number of anilines is 2. The topological polar surface area (TPSA) is 76.7 Å². The molecule has 3 rings (SSSR count). The maximum atomic E-state index is 12.9. The van der Waals surface area contributed by atoms with Gasteiger partial charge in [0, 0.05) is 0 Å². The molecule has 34 heavy (non-hydrogen) atoms. The molecule has 0 aliphatic heterocycles. The van der Waals surface area contributed by atoms with E-state index in [1.54, 1.807) is 24.3 Å². The molecule has 2 N–H and O–H groups in total. The van der Waals surface area contributed by atoms with Gasteiger partial charge in [-0.25, -0.2) is 0 Å². The molecule has 0 bridgehead atoms. The zero-order chi connectivity index (χ0) is 24.5. The van der Waals surface area contributed by atoms with Crippen LogP contribution in [-0.2, 0) is 9.59 Å². The van der Waals surface area contributed by atoms with Gasteiger partial charge in [-0.3, -0.25) is 9.59 Å². The van der Waals surface area contributed by atoms with Crippen molar-refractivity contribution < 1.29 is 19.1 Å². The lowest BCUT2D eigenvalue weighted by Gasteiger charge is -2.20. The second-order valence-corrected chi connectivity index (χ2v) is 8.18. The molecule has 0 spiro atoms. The number of carbonyl (C=O) groups is 2. The average molecular weight is 461 g/mol. The van der Waals surface area contributed by atoms with E-state index in [2.05, 4.69) is 10.6 Å². The Bertz CT molecular complexity index is 1010. The van der Waals surface area contributed by atoms with E-state index < -0.39 is 12.2 Å². The van der Waals surface area contributed by atoms with Gasteiger partial charge >= 0.3 is 0 Å². The number of para-hydroxylation sites is 2. The van der Waals surface area contributed by atoms with Crippen LogP contribution in [0.1, 0.15) is 37.8 Å². The Morgan fingerprint density at radius 3 is 1.32 bits per heavy atom. The van der Waals surface area contributed by atoms with E-state index >= 15 is 0 Å². The van der Waals surface area contributed by atoms with Crippen LogP contribution in [0, 0.1) is 13.8 Å². The number of hydrogen-bond donors (Lipinski definition) is 2. The van der Waals surface area contributed by atoms with Crippen molar-refractivity contribution in [2.45, 2.75) is 52.7 Å². The third-order valence-corrected chi connectivity index (χ3v) is 5.37. The third kappa shape index (κ3) is 6.85. The van der Waals surface area contributed by atoms with Gasteiger partial charge in [0.1, 0.15) is 11.5 Å². The smallest absolute Gasteiger partial charge is 0.265 e. The summed E-state index contributed by atoms with van der Waals surface area (Å²) < 4.78 is 11.8. The van der Waals surface area contributed by atoms with E-state index in [4.69, 9.17) is 9.47 Å². The Morgan fingerprint density at radius 1 is 0.647 bits per heavy atom. The minimum Gasteiger partial charge on any atom is -0.481 e. The quantitative estimate of drug-likeness (QED) is 0.395. The van der Waals surface area contributed by atoms with E-state index in [9.17, 15) is 9.59 Å². The zero-order valence-electron chi connectivity index (χ0n) is 20.1. The van der Waals surface area contributed by atoms with Crippen LogP contribution < -0.4 is 20.1 Å². The second kappa shape index (κ2) is 11.9. The lowest BCUT2D eigenvalue weighted by molar-refractivity contribution is -0.123. The molecule has 6 heteroatoms. The predicted octanol–water partition coefficient (Wildman–Crippen LogP) is 5.90. The maximum Gasteiger partial charge on any atom is 0.265 e. The number of amides is 2. The summed E-state index contributed by atoms with van der Waals surface area (Å²) in [6.45, 7) is 7.77. The third-order valence-electron chi connectivity index (χ3n) is 5.37. The van der Waals surface area contributed by atoms with Gasteiger partial charge in [0.05, 0.1) is 11.4 Å². The predicted molar refractivity (Wildman–Crippen MR) is 135 cm³/mol. The summed E-state index contributed by atoms with van der Waals surface area (Å²) in [5, 5.41) is 5.78. The molecule has 3 aromatic rings. The van der Waals surface area contributed by atoms with Crippen LogP contribution in [0.3, 0.4) is 0 Å². The van der Waals surface area contributed by atoms with Gasteiger partial charge in [0.15, 0.2) is 12.2 Å². The number of aryl methyl sites for hydroxylation is 2. The van der Waals surface area contributed by atoms with Crippen molar-refractivity contribution in [3.63, 3.8) is 0 Å². The van der Waals surface area contributed by atoms with Gasteiger partial charge in [0.2, 0.25) is 0 Å². The Hall–Kier alpha value is -3.80. The fourth-order valence-electron chi connectivity index (χ4n) is 3.33. The number of ether oxygens (including phenoxy) is 2. The summed E-state index contributed by atoms with van der Waals surface area (Å²) >= 11 is 0. The molecule has 0 heterocycles. The molecule has 178 valence electrons. The monoisotopic (exact) mass is 460 g/mol. The average Bonchev–Trinajstić information content (AvgIpc) is 2.84. The lowest BCUT2D eigenvalue weighted by atomic mass is 10.2. The molecular weight excluding hydrogens is 428 g/mol. The summed E-state index contributed by atoms with van der Waals surface area (Å²) in [7, 11) is 0. The number of benzene rings is 3. The molecule has 0 aliphatic carbocycles. The molecular formula is C28H32N2O4. The second-order valence-electron chi connectivity index (χ2n) is 8.18. The molecule has 0 fully saturated rings. The van der Waals surface area contributed by atoms with Crippen LogP contribution in [0.25, 0.3) is 0 Å². The van der Waals surface area contributed by atoms with Gasteiger partial charge < -0.3 is 20.1 Å². The first-order valence-corrected chi connectivity index (χ1v) is 11.6. The van der Waals surface area contributed by atoms with Crippen LogP contribution in [0.4, 0.5) is 11.4 Å². The van der Waals surface area contributed by atoms with Gasteiger partial charge in [-0.2, -0.15) is 0 Å². The van der Waals surface area contributed by atoms with Gasteiger partial charge in [0.25, 0.3) is 11.8 Å². The van der Waals surface area contributed by atoms with E-state index in [0.29, 0.717) is 35.7 Å². The van der Waals surface area contributed by atoms with Crippen molar-refractivity contribution >= 4 is 23.2 Å². The van der Waals surface area contributed by atoms with Crippen molar-refractivity contribution in [2.24, 2.45) is 0 Å². The van der Waals surface area contributed by atoms with Crippen LogP contribution in [0.15, 0.2) is 72.8 Å². The zero-order valence-corrected chi connectivity index (χ0v) is 20.1. The minimum atomic E-state index is -0.667. The van der Waals surface area contributed by atoms with Crippen LogP contribution in [-0.4, -0.2) is 24.0 Å². The highest BCUT2D eigenvalue weighted by Crippen LogP contribution is 2.24. The standard InChI is InChI=1S/C28H32N2O4/c1-5-25(33-21-15-11-19(3)12-16-21)27(31)29-23-9-7-8-10-24(23)30-28(32)26(6-2)34-22-17-13-20(4)14-18-22/h7-18,25-26H,5-6H2,1-4H3,(H,29,31)(H,30,32). The normalized spacial score (nSPS) is 12.4. The van der Waals surface area contributed by atoms with Crippen LogP contribution in [0.5, 0.6) is 11.5 Å². The van der Waals surface area contributed by atoms with Gasteiger partial charge in [-0.05, 0) is 63.1 Å². The van der Waals surface area contributed by atoms with E-state index in [0.717, 1.165) is 11.1 Å². The summed E-state index contributed by atoms with van der Waals surface area (Å²) in [5.41, 5.74) is 3.23. The van der Waals surface area contributed by atoms with E-state index in [1.807, 2.05) is 76.2 Å². The fraction of sp³-hybridized carbons (Fsp3) is 0.286. The Balaban J connectivity index is 1.67. The lowest BCUT2D eigenvalue weighted by Crippen LogP contribution is -2.34. The Kier molecular flexibility index (Phi) is 8.68. The number of carbonyl (C=O) groups excluding carboxylic acids is 2. The molecule has 0 aliphatic rings. The molecule has 0 aromatic heterocycles. The van der Waals surface area contributed by atoms with Gasteiger partial charge in [-0.1, -0.05) is 61.4 Å². The highest BCUT2D eigenvalue weighted by Gasteiger charge is 2.22. The molecule has 0 saturated carbocycles. The van der Waals surface area contributed by atoms with Crippen molar-refractivity contribution in [1.29, 1.82) is 0 Å². The van der Waals surface area contributed by atoms with E-state index in [-0.39, 0.29) is 11.8 Å². The Labute approximate surface area is 201 Å². The van der Waals surface area contributed by atoms with Crippen molar-refractivity contribution in [3.8, 4) is 11.5 Å². The molecule has 6 nitrogen and oxygen atoms in total. The van der Waals surface area contributed by atoms with Crippen LogP contribution in [0.2, 0.25) is 0 Å². The van der Waals surface area contributed by atoms with Crippen LogP contribution >= 0.6 is 0 Å². The first kappa shape index (κ1) is 24.8. The minimum absolute atomic E-state index is 0.285. The fourth-order valence-corrected chi connectivity index (χ4v) is 3.33. The number of hydrogen-bond acceptors (Lipinski definition) is 4. The molecule has 2 amide bonds. The molecule has 3 aromatic carbocycles. The van der Waals surface area contributed by atoms with Crippen molar-refractivity contribution in [1.82, 2.24) is 0 Å². The first-order chi connectivity index (χ1) is 16.4. The summed E-state index contributed by atoms with van der Waals surface area (Å²) in [4.78, 5) is 25.9. The molecule has 2 atom stereocenters. The van der Waals surface area contributed by atoms with E-state index in [1.165, 1.54) is 0 Å². The Morgan fingerprint density at radius 2 is 1.00 bits per heavy atom. The molecule has 0 radical (unpaired) electrons. The summed E-state index contributed by atoms with van der Waals surface area (Å²) in [6, 6.07) is 22.2. The number of rotatable bonds is 10. The summed E-state index contributed by atoms with van der Waals surface area (Å²) in [5.74, 6) is 0.696. The van der Waals surface area contributed by atoms with Gasteiger partial charge in [-0.15, -0.1) is 0 Å². The first-order valence-electron chi connectivity index (χ1n) is 11.6. The highest BCUT2D eigenvalue weighted by molar-refractivity contribution is 6.02. The largest absolute Gasteiger partial charge is 0.481 e. The van der Waals surface area contributed by atoms with Crippen molar-refractivity contribution in [2.75, 3.05) is 10.6 Å². The SMILES string of the molecule is CCC(Oc1ccc(C)cc1)C(=O)Nc1ccccc1NC(=O)C(CC)Oc1ccc(C)cc1. The number of nitrogens with one attached hydrogen (secondary N) is 2. The van der Waals surface area contributed by atoms with Crippen molar-refractivity contribution in [3.05, 3.63) is 83.9 Å². The molecule has 0 saturated heterocycles. The summed E-state index contributed by atoms with van der Waals surface area (Å²) in [6.07, 6.45) is -0.341. The highest BCUT2D eigenvalue weighted by atomic mass is 16.5.